The largest absolute Gasteiger partial charge is 0.340 e. The van der Waals surface area contributed by atoms with Gasteiger partial charge in [-0.3, -0.25) is 0 Å². The van der Waals surface area contributed by atoms with Crippen molar-refractivity contribution in [1.29, 1.82) is 0 Å². The Bertz CT molecular complexity index is 1260. The second kappa shape index (κ2) is 6.41. The number of thiazole rings is 1. The lowest BCUT2D eigenvalue weighted by Gasteiger charge is -2.10. The van der Waals surface area contributed by atoms with Crippen LogP contribution in [0.15, 0.2) is 72.5 Å². The number of nitrogens with zero attached hydrogens (tertiary/aromatic N) is 3. The van der Waals surface area contributed by atoms with Crippen molar-refractivity contribution in [1.82, 2.24) is 15.0 Å². The molecule has 27 heavy (non-hydrogen) atoms. The van der Waals surface area contributed by atoms with Crippen LogP contribution in [-0.2, 0) is 0 Å². The van der Waals surface area contributed by atoms with Gasteiger partial charge in [-0.1, -0.05) is 18.2 Å². The Hall–Kier alpha value is -3.38. The number of anilines is 2. The smallest absolute Gasteiger partial charge is 0.141 e. The highest BCUT2D eigenvalue weighted by Crippen LogP contribution is 2.29. The summed E-state index contributed by atoms with van der Waals surface area (Å²) in [6, 6.07) is 18.5. The number of fused-ring (bicyclic) bond motifs is 2. The molecule has 0 amide bonds. The van der Waals surface area contributed by atoms with E-state index in [0.717, 1.165) is 43.8 Å². The van der Waals surface area contributed by atoms with Crippen molar-refractivity contribution in [3.8, 4) is 11.1 Å². The number of halogens is 1. The van der Waals surface area contributed by atoms with Crippen molar-refractivity contribution >= 4 is 44.0 Å². The number of rotatable bonds is 3. The monoisotopic (exact) mass is 372 g/mol. The second-order valence-electron chi connectivity index (χ2n) is 6.12. The third-order valence-corrected chi connectivity index (χ3v) is 5.22. The third-order valence-electron chi connectivity index (χ3n) is 4.41. The van der Waals surface area contributed by atoms with Gasteiger partial charge < -0.3 is 5.32 Å². The molecule has 2 aromatic heterocycles. The number of aromatic nitrogens is 3. The van der Waals surface area contributed by atoms with E-state index in [1.54, 1.807) is 29.8 Å². The lowest BCUT2D eigenvalue weighted by molar-refractivity contribution is 0.628. The van der Waals surface area contributed by atoms with E-state index in [1.807, 2.05) is 41.9 Å². The predicted octanol–water partition coefficient (Wildman–Crippen LogP) is 5.79. The molecule has 0 saturated heterocycles. The molecular weight excluding hydrogens is 359 g/mol. The van der Waals surface area contributed by atoms with Gasteiger partial charge in [-0.2, -0.15) is 0 Å². The molecule has 0 spiro atoms. The molecule has 0 aliphatic rings. The van der Waals surface area contributed by atoms with Crippen LogP contribution < -0.4 is 5.32 Å². The van der Waals surface area contributed by atoms with Crippen molar-refractivity contribution < 1.29 is 4.39 Å². The van der Waals surface area contributed by atoms with Crippen LogP contribution in [0.2, 0.25) is 0 Å². The molecule has 0 bridgehead atoms. The standard InChI is InChI=1S/C21H13FN4S/c22-15-4-1-13(2-5-15)14-3-7-17-18(9-14)23-11-24-21(17)26-16-6-8-20-19(10-16)25-12-27-20/h1-12H,(H,23,24,26). The van der Waals surface area contributed by atoms with Crippen molar-refractivity contribution in [2.24, 2.45) is 0 Å². The van der Waals surface area contributed by atoms with Crippen molar-refractivity contribution in [2.45, 2.75) is 0 Å². The fourth-order valence-electron chi connectivity index (χ4n) is 3.05. The molecule has 1 N–H and O–H groups in total. The second-order valence-corrected chi connectivity index (χ2v) is 7.01. The fraction of sp³-hybridized carbons (Fsp3) is 0. The lowest BCUT2D eigenvalue weighted by Crippen LogP contribution is -1.96. The highest BCUT2D eigenvalue weighted by Gasteiger charge is 2.07. The van der Waals surface area contributed by atoms with E-state index in [4.69, 9.17) is 0 Å². The molecule has 0 saturated carbocycles. The van der Waals surface area contributed by atoms with Crippen LogP contribution in [0.1, 0.15) is 0 Å². The molecule has 5 aromatic rings. The van der Waals surface area contributed by atoms with Gasteiger partial charge in [0.15, 0.2) is 0 Å². The van der Waals surface area contributed by atoms with Gasteiger partial charge in [0.1, 0.15) is 18.0 Å². The van der Waals surface area contributed by atoms with Crippen LogP contribution in [0.5, 0.6) is 0 Å². The molecule has 0 atom stereocenters. The van der Waals surface area contributed by atoms with Gasteiger partial charge >= 0.3 is 0 Å². The summed E-state index contributed by atoms with van der Waals surface area (Å²) in [6.45, 7) is 0. The summed E-state index contributed by atoms with van der Waals surface area (Å²) in [5, 5.41) is 4.28. The average Bonchev–Trinajstić information content (AvgIpc) is 3.16. The number of nitrogens with one attached hydrogen (secondary N) is 1. The molecule has 0 fully saturated rings. The highest BCUT2D eigenvalue weighted by atomic mass is 32.1. The van der Waals surface area contributed by atoms with Crippen LogP contribution in [0, 0.1) is 5.82 Å². The summed E-state index contributed by atoms with van der Waals surface area (Å²) >= 11 is 1.62. The topological polar surface area (TPSA) is 50.7 Å². The summed E-state index contributed by atoms with van der Waals surface area (Å²) in [5.41, 5.74) is 6.48. The average molecular weight is 372 g/mol. The van der Waals surface area contributed by atoms with E-state index < -0.39 is 0 Å². The third kappa shape index (κ3) is 3.00. The summed E-state index contributed by atoms with van der Waals surface area (Å²) in [5.74, 6) is 0.491. The summed E-state index contributed by atoms with van der Waals surface area (Å²) in [4.78, 5) is 13.1. The first-order chi connectivity index (χ1) is 13.3. The lowest BCUT2D eigenvalue weighted by atomic mass is 10.0. The minimum Gasteiger partial charge on any atom is -0.340 e. The zero-order valence-corrected chi connectivity index (χ0v) is 14.9. The van der Waals surface area contributed by atoms with E-state index in [-0.39, 0.29) is 5.82 Å². The zero-order valence-electron chi connectivity index (χ0n) is 14.1. The van der Waals surface area contributed by atoms with Gasteiger partial charge in [-0.25, -0.2) is 19.3 Å². The number of benzene rings is 3. The van der Waals surface area contributed by atoms with Crippen LogP contribution in [0.25, 0.3) is 32.2 Å². The summed E-state index contributed by atoms with van der Waals surface area (Å²) < 4.78 is 14.3. The van der Waals surface area contributed by atoms with Crippen LogP contribution in [0.3, 0.4) is 0 Å². The first kappa shape index (κ1) is 15.8. The summed E-state index contributed by atoms with van der Waals surface area (Å²) in [7, 11) is 0. The SMILES string of the molecule is Fc1ccc(-c2ccc3c(Nc4ccc5scnc5c4)ncnc3c2)cc1. The van der Waals surface area contributed by atoms with Crippen molar-refractivity contribution in [3.63, 3.8) is 0 Å². The quantitative estimate of drug-likeness (QED) is 0.435. The molecule has 3 aromatic carbocycles. The van der Waals surface area contributed by atoms with Crippen LogP contribution in [0.4, 0.5) is 15.9 Å². The zero-order chi connectivity index (χ0) is 18.2. The summed E-state index contributed by atoms with van der Waals surface area (Å²) in [6.07, 6.45) is 1.54. The van der Waals surface area contributed by atoms with E-state index >= 15 is 0 Å². The molecule has 2 heterocycles. The van der Waals surface area contributed by atoms with E-state index in [9.17, 15) is 4.39 Å². The molecule has 0 radical (unpaired) electrons. The van der Waals surface area contributed by atoms with Gasteiger partial charge in [-0.15, -0.1) is 11.3 Å². The van der Waals surface area contributed by atoms with Gasteiger partial charge in [0.2, 0.25) is 0 Å². The molecule has 6 heteroatoms. The first-order valence-electron chi connectivity index (χ1n) is 8.37. The van der Waals surface area contributed by atoms with Gasteiger partial charge in [0.25, 0.3) is 0 Å². The predicted molar refractivity (Wildman–Crippen MR) is 108 cm³/mol. The van der Waals surface area contributed by atoms with E-state index in [0.29, 0.717) is 0 Å². The minimum absolute atomic E-state index is 0.245. The highest BCUT2D eigenvalue weighted by molar-refractivity contribution is 7.16. The van der Waals surface area contributed by atoms with Crippen LogP contribution >= 0.6 is 11.3 Å². The maximum absolute atomic E-state index is 13.2. The minimum atomic E-state index is -0.245. The Morgan fingerprint density at radius 1 is 0.778 bits per heavy atom. The Morgan fingerprint density at radius 2 is 1.63 bits per heavy atom. The normalized spacial score (nSPS) is 11.1. The molecule has 4 nitrogen and oxygen atoms in total. The molecule has 0 unspecified atom stereocenters. The fourth-order valence-corrected chi connectivity index (χ4v) is 3.71. The Kier molecular flexibility index (Phi) is 3.76. The Morgan fingerprint density at radius 3 is 2.52 bits per heavy atom. The maximum Gasteiger partial charge on any atom is 0.141 e. The van der Waals surface area contributed by atoms with Crippen molar-refractivity contribution in [2.75, 3.05) is 5.32 Å². The van der Waals surface area contributed by atoms with Gasteiger partial charge in [-0.05, 0) is 53.6 Å². The molecule has 130 valence electrons. The van der Waals surface area contributed by atoms with Gasteiger partial charge in [0, 0.05) is 11.1 Å². The molecular formula is C21H13FN4S. The Labute approximate surface area is 158 Å². The maximum atomic E-state index is 13.2. The Balaban J connectivity index is 1.53. The van der Waals surface area contributed by atoms with Crippen LogP contribution in [-0.4, -0.2) is 15.0 Å². The molecule has 0 aliphatic heterocycles. The first-order valence-corrected chi connectivity index (χ1v) is 9.25. The number of hydrogen-bond acceptors (Lipinski definition) is 5. The molecule has 5 rings (SSSR count). The number of hydrogen-bond donors (Lipinski definition) is 1. The van der Waals surface area contributed by atoms with E-state index in [1.165, 1.54) is 12.1 Å². The van der Waals surface area contributed by atoms with Gasteiger partial charge in [0.05, 0.1) is 21.2 Å². The van der Waals surface area contributed by atoms with Crippen molar-refractivity contribution in [3.05, 3.63) is 78.3 Å². The molecule has 0 aliphatic carbocycles. The van der Waals surface area contributed by atoms with E-state index in [2.05, 4.69) is 20.3 Å².